The minimum atomic E-state index is -3.17. The molecular weight excluding hydrogens is 330 g/mol. The smallest absolute Gasteiger partial charge is 0.179 e. The highest BCUT2D eigenvalue weighted by Crippen LogP contribution is 2.35. The zero-order valence-electron chi connectivity index (χ0n) is 12.5. The summed E-state index contributed by atoms with van der Waals surface area (Å²) in [5.74, 6) is 0.867. The molecule has 23 heavy (non-hydrogen) atoms. The van der Waals surface area contributed by atoms with Gasteiger partial charge < -0.3 is 5.32 Å². The molecule has 4 rings (SSSR count). The molecule has 118 valence electrons. The van der Waals surface area contributed by atoms with E-state index in [0.29, 0.717) is 11.4 Å². The highest BCUT2D eigenvalue weighted by atomic mass is 32.2. The number of anilines is 1. The first-order valence-corrected chi connectivity index (χ1v) is 9.84. The Labute approximate surface area is 138 Å². The zero-order chi connectivity index (χ0) is 16.0. The molecule has 1 aromatic carbocycles. The molecule has 0 aliphatic carbocycles. The van der Waals surface area contributed by atoms with Crippen molar-refractivity contribution in [2.75, 3.05) is 17.6 Å². The third kappa shape index (κ3) is 2.40. The van der Waals surface area contributed by atoms with Crippen molar-refractivity contribution in [3.05, 3.63) is 47.1 Å². The third-order valence-corrected chi connectivity index (χ3v) is 7.07. The molecule has 0 saturated carbocycles. The first kappa shape index (κ1) is 14.6. The zero-order valence-corrected chi connectivity index (χ0v) is 14.1. The van der Waals surface area contributed by atoms with Gasteiger partial charge in [0.05, 0.1) is 16.0 Å². The fourth-order valence-corrected chi connectivity index (χ4v) is 5.86. The Morgan fingerprint density at radius 3 is 3.00 bits per heavy atom. The number of aromatic nitrogens is 2. The van der Waals surface area contributed by atoms with E-state index in [1.165, 1.54) is 0 Å². The normalized spacial score (nSPS) is 18.9. The summed E-state index contributed by atoms with van der Waals surface area (Å²) in [6.45, 7) is 2.57. The predicted molar refractivity (Wildman–Crippen MR) is 91.9 cm³/mol. The largest absolute Gasteiger partial charge is 0.369 e. The fraction of sp³-hybridized carbons (Fsp3) is 0.250. The van der Waals surface area contributed by atoms with Gasteiger partial charge in [0.1, 0.15) is 17.0 Å². The highest BCUT2D eigenvalue weighted by molar-refractivity contribution is 7.91. The van der Waals surface area contributed by atoms with Gasteiger partial charge in [-0.15, -0.1) is 11.3 Å². The molecule has 0 bridgehead atoms. The van der Waals surface area contributed by atoms with Gasteiger partial charge in [0.15, 0.2) is 9.84 Å². The minimum absolute atomic E-state index is 0.0554. The van der Waals surface area contributed by atoms with Crippen LogP contribution in [-0.4, -0.2) is 30.7 Å². The lowest BCUT2D eigenvalue weighted by Crippen LogP contribution is -2.15. The number of nitrogens with one attached hydrogen (secondary N) is 1. The molecule has 0 radical (unpaired) electrons. The summed E-state index contributed by atoms with van der Waals surface area (Å²) in [4.78, 5) is 10.0. The van der Waals surface area contributed by atoms with Crippen molar-refractivity contribution in [2.45, 2.75) is 17.7 Å². The number of aryl methyl sites for hydroxylation is 1. The van der Waals surface area contributed by atoms with E-state index in [-0.39, 0.29) is 11.7 Å². The Bertz CT molecular complexity index is 995. The lowest BCUT2D eigenvalue weighted by atomic mass is 10.0. The summed E-state index contributed by atoms with van der Waals surface area (Å²) >= 11 is 1.59. The lowest BCUT2D eigenvalue weighted by molar-refractivity contribution is 0.598. The van der Waals surface area contributed by atoms with Gasteiger partial charge >= 0.3 is 0 Å². The number of benzene rings is 1. The van der Waals surface area contributed by atoms with Crippen LogP contribution in [0.5, 0.6) is 0 Å². The van der Waals surface area contributed by atoms with Crippen LogP contribution in [-0.2, 0) is 9.84 Å². The molecule has 0 spiro atoms. The Morgan fingerprint density at radius 1 is 1.30 bits per heavy atom. The van der Waals surface area contributed by atoms with E-state index >= 15 is 0 Å². The Balaban J connectivity index is 1.64. The molecule has 1 aliphatic heterocycles. The summed E-state index contributed by atoms with van der Waals surface area (Å²) in [5, 5.41) is 6.40. The highest BCUT2D eigenvalue weighted by Gasteiger charge is 2.34. The maximum absolute atomic E-state index is 12.2. The third-order valence-electron chi connectivity index (χ3n) is 4.18. The van der Waals surface area contributed by atoms with E-state index in [4.69, 9.17) is 0 Å². The standard InChI is InChI=1S/C16H15N3O2S2/c1-10-7-22-16-14(10)15(18-9-19-16)17-6-11-8-23(20,21)13-5-3-2-4-12(11)13/h2-5,7,9,11H,6,8H2,1H3,(H,17,18,19). The lowest BCUT2D eigenvalue weighted by Gasteiger charge is -2.12. The predicted octanol–water partition coefficient (Wildman–Crippen LogP) is 2.98. The molecule has 1 N–H and O–H groups in total. The van der Waals surface area contributed by atoms with Crippen LogP contribution < -0.4 is 5.32 Å². The van der Waals surface area contributed by atoms with Crippen LogP contribution in [0.3, 0.4) is 0 Å². The van der Waals surface area contributed by atoms with Crippen molar-refractivity contribution in [3.63, 3.8) is 0 Å². The number of thiophene rings is 1. The average molecular weight is 345 g/mol. The van der Waals surface area contributed by atoms with Crippen LogP contribution >= 0.6 is 11.3 Å². The molecule has 5 nitrogen and oxygen atoms in total. The van der Waals surface area contributed by atoms with Gasteiger partial charge in [0.2, 0.25) is 0 Å². The summed E-state index contributed by atoms with van der Waals surface area (Å²) in [5.41, 5.74) is 2.03. The molecule has 7 heteroatoms. The summed E-state index contributed by atoms with van der Waals surface area (Å²) in [6, 6.07) is 7.25. The van der Waals surface area contributed by atoms with Crippen molar-refractivity contribution < 1.29 is 8.42 Å². The van der Waals surface area contributed by atoms with Crippen molar-refractivity contribution in [3.8, 4) is 0 Å². The van der Waals surface area contributed by atoms with E-state index in [1.54, 1.807) is 29.8 Å². The number of hydrogen-bond donors (Lipinski definition) is 1. The van der Waals surface area contributed by atoms with Crippen LogP contribution in [0, 0.1) is 6.92 Å². The average Bonchev–Trinajstić information content (AvgIpc) is 3.05. The monoisotopic (exact) mass is 345 g/mol. The second-order valence-electron chi connectivity index (χ2n) is 5.72. The molecule has 1 atom stereocenters. The van der Waals surface area contributed by atoms with Gasteiger partial charge in [-0.3, -0.25) is 0 Å². The number of nitrogens with zero attached hydrogens (tertiary/aromatic N) is 2. The second kappa shape index (κ2) is 5.28. The van der Waals surface area contributed by atoms with Gasteiger partial charge in [-0.25, -0.2) is 18.4 Å². The Morgan fingerprint density at radius 2 is 2.13 bits per heavy atom. The maximum Gasteiger partial charge on any atom is 0.179 e. The number of rotatable bonds is 3. The number of fused-ring (bicyclic) bond motifs is 2. The fourth-order valence-electron chi connectivity index (χ4n) is 3.09. The van der Waals surface area contributed by atoms with Gasteiger partial charge in [-0.05, 0) is 29.5 Å². The molecular formula is C16H15N3O2S2. The summed E-state index contributed by atoms with van der Waals surface area (Å²) in [6.07, 6.45) is 1.54. The molecule has 1 aliphatic rings. The molecule has 0 amide bonds. The first-order chi connectivity index (χ1) is 11.1. The van der Waals surface area contributed by atoms with Crippen LogP contribution in [0.15, 0.2) is 40.9 Å². The summed E-state index contributed by atoms with van der Waals surface area (Å²) < 4.78 is 24.5. The van der Waals surface area contributed by atoms with Crippen molar-refractivity contribution in [2.24, 2.45) is 0 Å². The second-order valence-corrected chi connectivity index (χ2v) is 8.58. The molecule has 0 saturated heterocycles. The SMILES string of the molecule is Cc1csc2ncnc(NCC3CS(=O)(=O)c4ccccc43)c12. The summed E-state index contributed by atoms with van der Waals surface area (Å²) in [7, 11) is -3.17. The number of sulfone groups is 1. The number of hydrogen-bond acceptors (Lipinski definition) is 6. The maximum atomic E-state index is 12.2. The van der Waals surface area contributed by atoms with Crippen LogP contribution in [0.4, 0.5) is 5.82 Å². The molecule has 1 unspecified atom stereocenters. The van der Waals surface area contributed by atoms with Gasteiger partial charge in [0.25, 0.3) is 0 Å². The van der Waals surface area contributed by atoms with Crippen molar-refractivity contribution >= 4 is 37.2 Å². The van der Waals surface area contributed by atoms with E-state index in [2.05, 4.69) is 20.7 Å². The van der Waals surface area contributed by atoms with E-state index in [1.807, 2.05) is 19.1 Å². The van der Waals surface area contributed by atoms with Crippen LogP contribution in [0.2, 0.25) is 0 Å². The van der Waals surface area contributed by atoms with Crippen molar-refractivity contribution in [1.82, 2.24) is 9.97 Å². The van der Waals surface area contributed by atoms with Gasteiger partial charge in [-0.2, -0.15) is 0 Å². The van der Waals surface area contributed by atoms with Gasteiger partial charge in [-0.1, -0.05) is 18.2 Å². The van der Waals surface area contributed by atoms with Crippen LogP contribution in [0.1, 0.15) is 17.0 Å². The first-order valence-electron chi connectivity index (χ1n) is 7.30. The molecule has 3 aromatic rings. The minimum Gasteiger partial charge on any atom is -0.369 e. The molecule has 3 heterocycles. The molecule has 0 fully saturated rings. The van der Waals surface area contributed by atoms with Crippen LogP contribution in [0.25, 0.3) is 10.2 Å². The topological polar surface area (TPSA) is 72.0 Å². The quantitative estimate of drug-likeness (QED) is 0.790. The Hall–Kier alpha value is -1.99. The Kier molecular flexibility index (Phi) is 3.35. The van der Waals surface area contributed by atoms with Crippen molar-refractivity contribution in [1.29, 1.82) is 0 Å². The van der Waals surface area contributed by atoms with Gasteiger partial charge in [0, 0.05) is 12.5 Å². The van der Waals surface area contributed by atoms with E-state index < -0.39 is 9.84 Å². The van der Waals surface area contributed by atoms with E-state index in [0.717, 1.165) is 27.2 Å². The van der Waals surface area contributed by atoms with E-state index in [9.17, 15) is 8.42 Å². The molecule has 2 aromatic heterocycles.